The SMILES string of the molecule is COC(=O)c1c[nH]c(C(=O)c2ccc(CCOCCOCCOCCOCCOCc3ccccc3)cc2)c1-c1c(F)ccc(F)c1C. The summed E-state index contributed by atoms with van der Waals surface area (Å²) >= 11 is 0. The number of aromatic amines is 1. The lowest BCUT2D eigenvalue weighted by molar-refractivity contribution is -0.0123. The number of nitrogens with one attached hydrogen (secondary N) is 1. The molecule has 0 saturated carbocycles. The smallest absolute Gasteiger partial charge is 0.340 e. The van der Waals surface area contributed by atoms with Crippen LogP contribution in [0, 0.1) is 18.6 Å². The van der Waals surface area contributed by atoms with Crippen molar-refractivity contribution in [3.63, 3.8) is 0 Å². The van der Waals surface area contributed by atoms with Gasteiger partial charge in [0.25, 0.3) is 0 Å². The van der Waals surface area contributed by atoms with E-state index in [1.54, 1.807) is 24.3 Å². The normalized spacial score (nSPS) is 11.2. The predicted molar refractivity (Wildman–Crippen MR) is 175 cm³/mol. The number of ketones is 1. The molecule has 0 atom stereocenters. The van der Waals surface area contributed by atoms with Crippen LogP contribution in [0.25, 0.3) is 11.1 Å². The fourth-order valence-corrected chi connectivity index (χ4v) is 4.89. The van der Waals surface area contributed by atoms with Gasteiger partial charge in [0, 0.05) is 22.9 Å². The van der Waals surface area contributed by atoms with Gasteiger partial charge in [-0.25, -0.2) is 13.6 Å². The zero-order valence-electron chi connectivity index (χ0n) is 27.2. The minimum atomic E-state index is -0.782. The molecule has 3 aromatic carbocycles. The third-order valence-electron chi connectivity index (χ3n) is 7.46. The average molecular weight is 666 g/mol. The van der Waals surface area contributed by atoms with Gasteiger partial charge in [-0.1, -0.05) is 54.6 Å². The van der Waals surface area contributed by atoms with Crippen LogP contribution in [-0.2, 0) is 41.4 Å². The first-order chi connectivity index (χ1) is 23.4. The summed E-state index contributed by atoms with van der Waals surface area (Å²) in [6.07, 6.45) is 1.88. The number of methoxy groups -OCH3 is 1. The number of rotatable bonds is 21. The molecule has 1 aromatic heterocycles. The topological polar surface area (TPSA) is 105 Å². The van der Waals surface area contributed by atoms with Crippen LogP contribution in [0.1, 0.15) is 43.1 Å². The van der Waals surface area contributed by atoms with E-state index in [0.717, 1.165) is 23.3 Å². The molecule has 256 valence electrons. The molecule has 0 aliphatic heterocycles. The van der Waals surface area contributed by atoms with Gasteiger partial charge in [0.2, 0.25) is 5.78 Å². The maximum absolute atomic E-state index is 14.9. The standard InChI is InChI=1S/C37H41F2NO8/c1-26-31(38)12-13-32(39)33(26)34-30(37(42)43-2)24-40-35(34)36(41)29-10-8-27(9-11-29)14-15-44-16-17-45-18-19-46-20-21-47-22-23-48-25-28-6-4-3-5-7-28/h3-13,24,40H,14-23,25H2,1-2H3. The van der Waals surface area contributed by atoms with Gasteiger partial charge in [0.1, 0.15) is 11.6 Å². The van der Waals surface area contributed by atoms with Crippen LogP contribution >= 0.6 is 0 Å². The Balaban J connectivity index is 1.11. The molecule has 0 unspecified atom stereocenters. The van der Waals surface area contributed by atoms with Gasteiger partial charge in [-0.3, -0.25) is 4.79 Å². The van der Waals surface area contributed by atoms with E-state index in [9.17, 15) is 18.4 Å². The van der Waals surface area contributed by atoms with Crippen molar-refractivity contribution in [2.75, 3.05) is 66.6 Å². The number of hydrogen-bond acceptors (Lipinski definition) is 8. The summed E-state index contributed by atoms with van der Waals surface area (Å²) in [6, 6.07) is 18.8. The van der Waals surface area contributed by atoms with Gasteiger partial charge in [0.15, 0.2) is 0 Å². The molecule has 4 rings (SSSR count). The third kappa shape index (κ3) is 10.6. The molecule has 48 heavy (non-hydrogen) atoms. The molecule has 0 bridgehead atoms. The maximum atomic E-state index is 14.9. The Morgan fingerprint density at radius 1 is 0.646 bits per heavy atom. The molecule has 0 saturated heterocycles. The van der Waals surface area contributed by atoms with Gasteiger partial charge >= 0.3 is 5.97 Å². The van der Waals surface area contributed by atoms with Crippen LogP contribution in [-0.4, -0.2) is 83.3 Å². The van der Waals surface area contributed by atoms with Crippen molar-refractivity contribution >= 4 is 11.8 Å². The van der Waals surface area contributed by atoms with E-state index in [4.69, 9.17) is 28.4 Å². The van der Waals surface area contributed by atoms with Crippen molar-refractivity contribution in [2.45, 2.75) is 20.0 Å². The number of H-pyrrole nitrogens is 1. The monoisotopic (exact) mass is 665 g/mol. The van der Waals surface area contributed by atoms with Crippen LogP contribution in [0.3, 0.4) is 0 Å². The second-order valence-electron chi connectivity index (χ2n) is 10.7. The number of benzene rings is 3. The number of aromatic nitrogens is 1. The lowest BCUT2D eigenvalue weighted by Crippen LogP contribution is -2.13. The van der Waals surface area contributed by atoms with E-state index in [1.807, 2.05) is 30.3 Å². The van der Waals surface area contributed by atoms with Crippen molar-refractivity contribution < 1.29 is 46.8 Å². The zero-order chi connectivity index (χ0) is 34.1. The van der Waals surface area contributed by atoms with E-state index >= 15 is 0 Å². The lowest BCUT2D eigenvalue weighted by Gasteiger charge is -2.12. The first-order valence-corrected chi connectivity index (χ1v) is 15.7. The van der Waals surface area contributed by atoms with E-state index in [2.05, 4.69) is 4.98 Å². The molecule has 11 heteroatoms. The van der Waals surface area contributed by atoms with Gasteiger partial charge < -0.3 is 33.4 Å². The van der Waals surface area contributed by atoms with E-state index in [0.29, 0.717) is 78.1 Å². The number of hydrogen-bond donors (Lipinski definition) is 1. The molecular weight excluding hydrogens is 624 g/mol. The molecule has 0 aliphatic carbocycles. The molecule has 0 spiro atoms. The lowest BCUT2D eigenvalue weighted by atomic mass is 9.93. The highest BCUT2D eigenvalue weighted by atomic mass is 19.1. The summed E-state index contributed by atoms with van der Waals surface area (Å²) in [5.41, 5.74) is 2.03. The molecule has 9 nitrogen and oxygen atoms in total. The number of carbonyl (C=O) groups is 2. The van der Waals surface area contributed by atoms with E-state index in [-0.39, 0.29) is 27.9 Å². The van der Waals surface area contributed by atoms with Crippen LogP contribution < -0.4 is 0 Å². The fraction of sp³-hybridized carbons (Fsp3) is 0.351. The Hall–Kier alpha value is -4.26. The van der Waals surface area contributed by atoms with Crippen molar-refractivity contribution in [1.29, 1.82) is 0 Å². The van der Waals surface area contributed by atoms with Gasteiger partial charge in [-0.05, 0) is 42.2 Å². The summed E-state index contributed by atoms with van der Waals surface area (Å²) in [5, 5.41) is 0. The Morgan fingerprint density at radius 3 is 1.81 bits per heavy atom. The van der Waals surface area contributed by atoms with Gasteiger partial charge in [0.05, 0.1) is 84.4 Å². The Kier molecular flexibility index (Phi) is 14.9. The Labute approximate surface area is 279 Å². The van der Waals surface area contributed by atoms with Crippen molar-refractivity contribution in [2.24, 2.45) is 0 Å². The molecule has 4 aromatic rings. The minimum Gasteiger partial charge on any atom is -0.465 e. The van der Waals surface area contributed by atoms with Crippen molar-refractivity contribution in [1.82, 2.24) is 4.98 Å². The molecule has 1 N–H and O–H groups in total. The number of ether oxygens (including phenoxy) is 6. The number of halogens is 2. The second-order valence-corrected chi connectivity index (χ2v) is 10.7. The van der Waals surface area contributed by atoms with Crippen LogP contribution in [0.5, 0.6) is 0 Å². The predicted octanol–water partition coefficient (Wildman–Crippen LogP) is 6.11. The average Bonchev–Trinajstić information content (AvgIpc) is 3.54. The van der Waals surface area contributed by atoms with Crippen LogP contribution in [0.4, 0.5) is 8.78 Å². The van der Waals surface area contributed by atoms with E-state index in [1.165, 1.54) is 20.2 Å². The van der Waals surface area contributed by atoms with Crippen LogP contribution in [0.15, 0.2) is 72.9 Å². The Morgan fingerprint density at radius 2 is 1.21 bits per heavy atom. The van der Waals surface area contributed by atoms with Crippen molar-refractivity contribution in [3.05, 3.63) is 118 Å². The summed E-state index contributed by atoms with van der Waals surface area (Å²) in [6.45, 7) is 6.21. The quantitative estimate of drug-likeness (QED) is 0.0646. The Bertz CT molecular complexity index is 1590. The number of esters is 1. The second kappa shape index (κ2) is 19.5. The molecule has 0 aliphatic rings. The first kappa shape index (κ1) is 36.6. The van der Waals surface area contributed by atoms with E-state index < -0.39 is 23.4 Å². The fourth-order valence-electron chi connectivity index (χ4n) is 4.89. The first-order valence-electron chi connectivity index (χ1n) is 15.7. The summed E-state index contributed by atoms with van der Waals surface area (Å²) in [4.78, 5) is 28.7. The molecule has 1 heterocycles. The highest BCUT2D eigenvalue weighted by molar-refractivity contribution is 6.15. The summed E-state index contributed by atoms with van der Waals surface area (Å²) in [5.74, 6) is -2.69. The maximum Gasteiger partial charge on any atom is 0.340 e. The summed E-state index contributed by atoms with van der Waals surface area (Å²) in [7, 11) is 1.17. The third-order valence-corrected chi connectivity index (χ3v) is 7.46. The summed E-state index contributed by atoms with van der Waals surface area (Å²) < 4.78 is 61.9. The largest absolute Gasteiger partial charge is 0.465 e. The number of carbonyl (C=O) groups excluding carboxylic acids is 2. The van der Waals surface area contributed by atoms with Crippen molar-refractivity contribution in [3.8, 4) is 11.1 Å². The molecule has 0 amide bonds. The molecule has 0 fully saturated rings. The highest BCUT2D eigenvalue weighted by Gasteiger charge is 2.28. The van der Waals surface area contributed by atoms with Gasteiger partial charge in [-0.15, -0.1) is 0 Å². The van der Waals surface area contributed by atoms with Crippen LogP contribution in [0.2, 0.25) is 0 Å². The zero-order valence-corrected chi connectivity index (χ0v) is 27.2. The van der Waals surface area contributed by atoms with Gasteiger partial charge in [-0.2, -0.15) is 0 Å². The molecule has 0 radical (unpaired) electrons. The highest BCUT2D eigenvalue weighted by Crippen LogP contribution is 2.35. The molecular formula is C37H41F2NO8. The minimum absolute atomic E-state index is 0.0269.